The molecule has 0 heterocycles. The van der Waals surface area contributed by atoms with Gasteiger partial charge in [0.2, 0.25) is 5.91 Å². The SMILES string of the molecule is CC(C)[C@H](NC(=O)[C@@H](NC(=O)[C@@H](Cc1ccccc1)Oc1cc(F)cc(F)c1)c1ccccc1)C(=O)C(F)(F)F. The number of halogens is 5. The Morgan fingerprint density at radius 2 is 1.35 bits per heavy atom. The Hall–Kier alpha value is -4.28. The first-order valence-corrected chi connectivity index (χ1v) is 12.3. The molecule has 0 aliphatic rings. The van der Waals surface area contributed by atoms with Crippen molar-refractivity contribution >= 4 is 17.6 Å². The van der Waals surface area contributed by atoms with Crippen LogP contribution in [0.25, 0.3) is 0 Å². The molecule has 0 spiro atoms. The number of amides is 2. The van der Waals surface area contributed by atoms with E-state index in [1.165, 1.54) is 26.0 Å². The summed E-state index contributed by atoms with van der Waals surface area (Å²) in [5.74, 6) is -7.17. The fourth-order valence-corrected chi connectivity index (χ4v) is 3.91. The molecule has 0 aliphatic heterocycles. The highest BCUT2D eigenvalue weighted by atomic mass is 19.4. The van der Waals surface area contributed by atoms with Gasteiger partial charge in [0.05, 0.1) is 6.04 Å². The highest BCUT2D eigenvalue weighted by Gasteiger charge is 2.45. The standard InChI is InChI=1S/C29H27F5N2O4/c1-17(2)24(26(37)29(32,33)34)35-28(39)25(19-11-7-4-8-12-19)36-27(38)23(13-18-9-5-3-6-10-18)40-22-15-20(30)14-21(31)16-22/h3-12,14-17,23-25H,13H2,1-2H3,(H,35,39)(H,36,38)/t23-,24+,25+/m1/s1. The maximum Gasteiger partial charge on any atom is 0.452 e. The fraction of sp³-hybridized carbons (Fsp3) is 0.276. The number of rotatable bonds is 11. The molecule has 3 atom stereocenters. The van der Waals surface area contributed by atoms with Crippen molar-refractivity contribution in [1.82, 2.24) is 10.6 Å². The van der Waals surface area contributed by atoms with Crippen LogP contribution >= 0.6 is 0 Å². The first-order valence-electron chi connectivity index (χ1n) is 12.3. The van der Waals surface area contributed by atoms with Crippen LogP contribution < -0.4 is 15.4 Å². The van der Waals surface area contributed by atoms with Crippen LogP contribution in [0, 0.1) is 17.6 Å². The third-order valence-electron chi connectivity index (χ3n) is 5.88. The molecule has 2 amide bonds. The van der Waals surface area contributed by atoms with E-state index in [2.05, 4.69) is 10.6 Å². The quantitative estimate of drug-likeness (QED) is 0.319. The summed E-state index contributed by atoms with van der Waals surface area (Å²) in [6.45, 7) is 2.68. The molecule has 3 aromatic rings. The van der Waals surface area contributed by atoms with Crippen molar-refractivity contribution in [1.29, 1.82) is 0 Å². The van der Waals surface area contributed by atoms with E-state index in [9.17, 15) is 36.3 Å². The van der Waals surface area contributed by atoms with Crippen molar-refractivity contribution < 1.29 is 41.1 Å². The third-order valence-corrected chi connectivity index (χ3v) is 5.88. The number of ketones is 1. The van der Waals surface area contributed by atoms with Gasteiger partial charge in [0.25, 0.3) is 11.7 Å². The van der Waals surface area contributed by atoms with E-state index in [0.29, 0.717) is 11.6 Å². The summed E-state index contributed by atoms with van der Waals surface area (Å²) in [6.07, 6.45) is -6.67. The molecule has 0 unspecified atom stereocenters. The Balaban J connectivity index is 1.92. The van der Waals surface area contributed by atoms with Crippen molar-refractivity contribution in [2.75, 3.05) is 0 Å². The van der Waals surface area contributed by atoms with Gasteiger partial charge in [-0.2, -0.15) is 13.2 Å². The number of hydrogen-bond acceptors (Lipinski definition) is 4. The van der Waals surface area contributed by atoms with Gasteiger partial charge in [0, 0.05) is 24.6 Å². The summed E-state index contributed by atoms with van der Waals surface area (Å²) in [7, 11) is 0. The third kappa shape index (κ3) is 8.36. The molecule has 0 saturated heterocycles. The van der Waals surface area contributed by atoms with Gasteiger partial charge >= 0.3 is 6.18 Å². The first kappa shape index (κ1) is 30.3. The van der Waals surface area contributed by atoms with E-state index in [1.807, 2.05) is 0 Å². The molecular weight excluding hydrogens is 535 g/mol. The molecule has 212 valence electrons. The van der Waals surface area contributed by atoms with Crippen LogP contribution in [0.2, 0.25) is 0 Å². The van der Waals surface area contributed by atoms with Crippen molar-refractivity contribution in [2.24, 2.45) is 5.92 Å². The predicted octanol–water partition coefficient (Wildman–Crippen LogP) is 5.08. The van der Waals surface area contributed by atoms with Crippen molar-refractivity contribution in [2.45, 2.75) is 44.6 Å². The predicted molar refractivity (Wildman–Crippen MR) is 136 cm³/mol. The Morgan fingerprint density at radius 3 is 1.88 bits per heavy atom. The van der Waals surface area contributed by atoms with Crippen LogP contribution in [0.3, 0.4) is 0 Å². The number of benzene rings is 3. The Morgan fingerprint density at radius 1 is 0.800 bits per heavy atom. The number of alkyl halides is 3. The van der Waals surface area contributed by atoms with Gasteiger partial charge in [-0.05, 0) is 17.0 Å². The number of carbonyl (C=O) groups excluding carboxylic acids is 3. The lowest BCUT2D eigenvalue weighted by Gasteiger charge is -2.27. The van der Waals surface area contributed by atoms with Gasteiger partial charge < -0.3 is 15.4 Å². The Labute approximate surface area is 227 Å². The summed E-state index contributed by atoms with van der Waals surface area (Å²) < 4.78 is 72.8. The average molecular weight is 563 g/mol. The van der Waals surface area contributed by atoms with Gasteiger partial charge in [-0.15, -0.1) is 0 Å². The molecule has 0 aromatic heterocycles. The molecule has 0 saturated carbocycles. The van der Waals surface area contributed by atoms with Crippen LogP contribution in [0.1, 0.15) is 31.0 Å². The van der Waals surface area contributed by atoms with Gasteiger partial charge in [0.1, 0.15) is 23.4 Å². The molecule has 3 aromatic carbocycles. The zero-order valence-electron chi connectivity index (χ0n) is 21.5. The van der Waals surface area contributed by atoms with Crippen molar-refractivity contribution in [3.63, 3.8) is 0 Å². The summed E-state index contributed by atoms with van der Waals surface area (Å²) in [5, 5.41) is 4.59. The molecule has 0 radical (unpaired) electrons. The number of ether oxygens (including phenoxy) is 1. The van der Waals surface area contributed by atoms with E-state index in [1.54, 1.807) is 48.5 Å². The number of hydrogen-bond donors (Lipinski definition) is 2. The van der Waals surface area contributed by atoms with Gasteiger partial charge in [-0.1, -0.05) is 74.5 Å². The normalized spacial score (nSPS) is 13.7. The second-order valence-corrected chi connectivity index (χ2v) is 9.35. The Kier molecular flexibility index (Phi) is 9.98. The molecule has 40 heavy (non-hydrogen) atoms. The number of Topliss-reactive ketones (excluding diaryl/α,β-unsaturated/α-hetero) is 1. The van der Waals surface area contributed by atoms with E-state index in [4.69, 9.17) is 4.74 Å². The van der Waals surface area contributed by atoms with Crippen molar-refractivity contribution in [3.05, 3.63) is 102 Å². The topological polar surface area (TPSA) is 84.5 Å². The van der Waals surface area contributed by atoms with Crippen LogP contribution in [0.4, 0.5) is 22.0 Å². The molecule has 0 aliphatic carbocycles. The van der Waals surface area contributed by atoms with Crippen LogP contribution in [-0.4, -0.2) is 35.9 Å². The number of nitrogens with one attached hydrogen (secondary N) is 2. The summed E-state index contributed by atoms with van der Waals surface area (Å²) >= 11 is 0. The maximum atomic E-state index is 13.8. The Bertz CT molecular complexity index is 1300. The minimum absolute atomic E-state index is 0.0743. The fourth-order valence-electron chi connectivity index (χ4n) is 3.91. The summed E-state index contributed by atoms with van der Waals surface area (Å²) in [5.41, 5.74) is 0.835. The smallest absolute Gasteiger partial charge is 0.452 e. The lowest BCUT2D eigenvalue weighted by atomic mass is 9.97. The maximum absolute atomic E-state index is 13.8. The van der Waals surface area contributed by atoms with E-state index < -0.39 is 59.5 Å². The summed E-state index contributed by atoms with van der Waals surface area (Å²) in [4.78, 5) is 38.7. The average Bonchev–Trinajstić information content (AvgIpc) is 2.89. The molecule has 0 fully saturated rings. The zero-order chi connectivity index (χ0) is 29.4. The van der Waals surface area contributed by atoms with E-state index >= 15 is 0 Å². The molecule has 6 nitrogen and oxygen atoms in total. The lowest BCUT2D eigenvalue weighted by molar-refractivity contribution is -0.175. The first-order chi connectivity index (χ1) is 18.8. The molecule has 3 rings (SSSR count). The second-order valence-electron chi connectivity index (χ2n) is 9.35. The van der Waals surface area contributed by atoms with Gasteiger partial charge in [-0.25, -0.2) is 8.78 Å². The van der Waals surface area contributed by atoms with Crippen LogP contribution in [0.15, 0.2) is 78.9 Å². The van der Waals surface area contributed by atoms with E-state index in [-0.39, 0.29) is 17.7 Å². The highest BCUT2D eigenvalue weighted by Crippen LogP contribution is 2.23. The largest absolute Gasteiger partial charge is 0.480 e. The van der Waals surface area contributed by atoms with Crippen LogP contribution in [0.5, 0.6) is 5.75 Å². The van der Waals surface area contributed by atoms with Gasteiger partial charge in [-0.3, -0.25) is 14.4 Å². The minimum Gasteiger partial charge on any atom is -0.480 e. The molecular formula is C29H27F5N2O4. The molecule has 0 bridgehead atoms. The molecule has 11 heteroatoms. The lowest BCUT2D eigenvalue weighted by Crippen LogP contribution is -2.53. The second kappa shape index (κ2) is 13.2. The van der Waals surface area contributed by atoms with Gasteiger partial charge in [0.15, 0.2) is 6.10 Å². The van der Waals surface area contributed by atoms with E-state index in [0.717, 1.165) is 12.1 Å². The highest BCUT2D eigenvalue weighted by molar-refractivity contribution is 5.96. The van der Waals surface area contributed by atoms with Crippen LogP contribution in [-0.2, 0) is 20.8 Å². The summed E-state index contributed by atoms with van der Waals surface area (Å²) in [6, 6.07) is 15.2. The monoisotopic (exact) mass is 562 g/mol. The van der Waals surface area contributed by atoms with Crippen molar-refractivity contribution in [3.8, 4) is 5.75 Å². The minimum atomic E-state index is -5.19. The number of carbonyl (C=O) groups is 3. The molecule has 2 N–H and O–H groups in total. The zero-order valence-corrected chi connectivity index (χ0v) is 21.5.